The summed E-state index contributed by atoms with van der Waals surface area (Å²) >= 11 is 0. The Labute approximate surface area is 75.5 Å². The average molecular weight is 182 g/mol. The van der Waals surface area contributed by atoms with Gasteiger partial charge >= 0.3 is 0 Å². The quantitative estimate of drug-likeness (QED) is 0.698. The average Bonchev–Trinajstić information content (AvgIpc) is 2.04. The normalized spacial score (nSPS) is 15.0. The molecule has 0 aliphatic rings. The molecule has 0 aromatic heterocycles. The molecule has 1 aromatic carbocycles. The maximum absolute atomic E-state index is 12.8. The van der Waals surface area contributed by atoms with Gasteiger partial charge in [-0.2, -0.15) is 0 Å². The van der Waals surface area contributed by atoms with Gasteiger partial charge in [0.15, 0.2) is 0 Å². The Hall–Kier alpha value is -1.42. The SMILES string of the molecule is CC(N)(C(N)=O)c1cccc(F)c1. The van der Waals surface area contributed by atoms with Crippen LogP contribution in [0.3, 0.4) is 0 Å². The van der Waals surface area contributed by atoms with E-state index >= 15 is 0 Å². The van der Waals surface area contributed by atoms with E-state index in [4.69, 9.17) is 11.5 Å². The molecule has 1 amide bonds. The molecule has 1 aromatic rings. The number of rotatable bonds is 2. The Morgan fingerprint density at radius 2 is 2.15 bits per heavy atom. The van der Waals surface area contributed by atoms with Crippen LogP contribution in [0.1, 0.15) is 12.5 Å². The molecule has 0 radical (unpaired) electrons. The van der Waals surface area contributed by atoms with E-state index < -0.39 is 17.3 Å². The van der Waals surface area contributed by atoms with Gasteiger partial charge in [0.05, 0.1) is 0 Å². The highest BCUT2D eigenvalue weighted by molar-refractivity contribution is 5.85. The van der Waals surface area contributed by atoms with Crippen LogP contribution in [0.15, 0.2) is 24.3 Å². The number of carbonyl (C=O) groups is 1. The predicted molar refractivity (Wildman–Crippen MR) is 47.1 cm³/mol. The molecule has 0 saturated carbocycles. The predicted octanol–water partition coefficient (Wildman–Crippen LogP) is 0.485. The Morgan fingerprint density at radius 1 is 1.54 bits per heavy atom. The lowest BCUT2D eigenvalue weighted by Crippen LogP contribution is -2.46. The molecule has 0 bridgehead atoms. The van der Waals surface area contributed by atoms with Crippen molar-refractivity contribution in [2.24, 2.45) is 11.5 Å². The Bertz CT molecular complexity index is 336. The summed E-state index contributed by atoms with van der Waals surface area (Å²) in [7, 11) is 0. The third kappa shape index (κ3) is 1.84. The van der Waals surface area contributed by atoms with E-state index in [1.54, 1.807) is 6.07 Å². The van der Waals surface area contributed by atoms with Crippen LogP contribution in [0.2, 0.25) is 0 Å². The molecule has 0 saturated heterocycles. The second-order valence-electron chi connectivity index (χ2n) is 3.08. The topological polar surface area (TPSA) is 69.1 Å². The first kappa shape index (κ1) is 9.67. The molecule has 0 fully saturated rings. The van der Waals surface area contributed by atoms with Crippen molar-refractivity contribution >= 4 is 5.91 Å². The summed E-state index contributed by atoms with van der Waals surface area (Å²) in [4.78, 5) is 10.9. The molecule has 4 heteroatoms. The number of hydrogen-bond acceptors (Lipinski definition) is 2. The molecule has 4 N–H and O–H groups in total. The lowest BCUT2D eigenvalue weighted by molar-refractivity contribution is -0.122. The first-order chi connectivity index (χ1) is 5.94. The molecular weight excluding hydrogens is 171 g/mol. The molecule has 70 valence electrons. The second-order valence-corrected chi connectivity index (χ2v) is 3.08. The molecular formula is C9H11FN2O. The van der Waals surface area contributed by atoms with Crippen molar-refractivity contribution in [2.75, 3.05) is 0 Å². The number of carbonyl (C=O) groups excluding carboxylic acids is 1. The number of hydrogen-bond donors (Lipinski definition) is 2. The number of amides is 1. The number of primary amides is 1. The Kier molecular flexibility index (Phi) is 2.34. The fourth-order valence-electron chi connectivity index (χ4n) is 0.954. The van der Waals surface area contributed by atoms with Gasteiger partial charge in [-0.1, -0.05) is 12.1 Å². The van der Waals surface area contributed by atoms with Crippen molar-refractivity contribution < 1.29 is 9.18 Å². The maximum Gasteiger partial charge on any atom is 0.241 e. The first-order valence-corrected chi connectivity index (χ1v) is 3.79. The lowest BCUT2D eigenvalue weighted by atomic mass is 9.93. The van der Waals surface area contributed by atoms with E-state index in [9.17, 15) is 9.18 Å². The molecule has 0 heterocycles. The van der Waals surface area contributed by atoms with Crippen LogP contribution < -0.4 is 11.5 Å². The zero-order valence-corrected chi connectivity index (χ0v) is 7.25. The minimum atomic E-state index is -1.32. The smallest absolute Gasteiger partial charge is 0.241 e. The number of nitrogens with two attached hydrogens (primary N) is 2. The number of benzene rings is 1. The standard InChI is InChI=1S/C9H11FN2O/c1-9(12,8(11)13)6-3-2-4-7(10)5-6/h2-5H,12H2,1H3,(H2,11,13). The highest BCUT2D eigenvalue weighted by Gasteiger charge is 2.27. The first-order valence-electron chi connectivity index (χ1n) is 3.79. The second kappa shape index (κ2) is 3.14. The molecule has 0 spiro atoms. The zero-order chi connectivity index (χ0) is 10.1. The summed E-state index contributed by atoms with van der Waals surface area (Å²) in [5.41, 5.74) is 9.73. The van der Waals surface area contributed by atoms with Crippen LogP contribution in [0.5, 0.6) is 0 Å². The summed E-state index contributed by atoms with van der Waals surface area (Å²) in [6.07, 6.45) is 0. The van der Waals surface area contributed by atoms with E-state index in [1.807, 2.05) is 0 Å². The minimum absolute atomic E-state index is 0.375. The van der Waals surface area contributed by atoms with Crippen LogP contribution in [-0.4, -0.2) is 5.91 Å². The van der Waals surface area contributed by atoms with Crippen molar-refractivity contribution in [1.29, 1.82) is 0 Å². The molecule has 3 nitrogen and oxygen atoms in total. The maximum atomic E-state index is 12.8. The van der Waals surface area contributed by atoms with Crippen LogP contribution in [-0.2, 0) is 10.3 Å². The van der Waals surface area contributed by atoms with Crippen molar-refractivity contribution in [3.63, 3.8) is 0 Å². The summed E-state index contributed by atoms with van der Waals surface area (Å²) in [5.74, 6) is -1.12. The largest absolute Gasteiger partial charge is 0.368 e. The van der Waals surface area contributed by atoms with E-state index in [0.29, 0.717) is 5.56 Å². The van der Waals surface area contributed by atoms with Crippen molar-refractivity contribution in [1.82, 2.24) is 0 Å². The van der Waals surface area contributed by atoms with Gasteiger partial charge in [0.2, 0.25) is 5.91 Å². The zero-order valence-electron chi connectivity index (χ0n) is 7.25. The van der Waals surface area contributed by atoms with Crippen LogP contribution in [0.25, 0.3) is 0 Å². The van der Waals surface area contributed by atoms with E-state index in [0.717, 1.165) is 0 Å². The van der Waals surface area contributed by atoms with Crippen LogP contribution in [0, 0.1) is 5.82 Å². The minimum Gasteiger partial charge on any atom is -0.368 e. The van der Waals surface area contributed by atoms with Gasteiger partial charge < -0.3 is 11.5 Å². The third-order valence-electron chi connectivity index (χ3n) is 1.94. The van der Waals surface area contributed by atoms with Crippen molar-refractivity contribution in [2.45, 2.75) is 12.5 Å². The molecule has 13 heavy (non-hydrogen) atoms. The van der Waals surface area contributed by atoms with Crippen molar-refractivity contribution in [3.05, 3.63) is 35.6 Å². The Morgan fingerprint density at radius 3 is 2.62 bits per heavy atom. The molecule has 1 rings (SSSR count). The lowest BCUT2D eigenvalue weighted by Gasteiger charge is -2.20. The highest BCUT2D eigenvalue weighted by atomic mass is 19.1. The van der Waals surface area contributed by atoms with E-state index in [-0.39, 0.29) is 0 Å². The van der Waals surface area contributed by atoms with Gasteiger partial charge in [0.1, 0.15) is 11.4 Å². The third-order valence-corrected chi connectivity index (χ3v) is 1.94. The molecule has 1 unspecified atom stereocenters. The van der Waals surface area contributed by atoms with Gasteiger partial charge in [0.25, 0.3) is 0 Å². The fraction of sp³-hybridized carbons (Fsp3) is 0.222. The highest BCUT2D eigenvalue weighted by Crippen LogP contribution is 2.17. The van der Waals surface area contributed by atoms with Crippen molar-refractivity contribution in [3.8, 4) is 0 Å². The van der Waals surface area contributed by atoms with E-state index in [2.05, 4.69) is 0 Å². The van der Waals surface area contributed by atoms with Crippen LogP contribution >= 0.6 is 0 Å². The molecule has 0 aliphatic heterocycles. The van der Waals surface area contributed by atoms with Gasteiger partial charge in [0, 0.05) is 0 Å². The van der Waals surface area contributed by atoms with Gasteiger partial charge in [-0.3, -0.25) is 4.79 Å². The Balaban J connectivity index is 3.14. The molecule has 0 aliphatic carbocycles. The summed E-state index contributed by atoms with van der Waals surface area (Å²) < 4.78 is 12.8. The number of halogens is 1. The van der Waals surface area contributed by atoms with Gasteiger partial charge in [-0.15, -0.1) is 0 Å². The summed E-state index contributed by atoms with van der Waals surface area (Å²) in [6, 6.07) is 5.53. The van der Waals surface area contributed by atoms with Gasteiger partial charge in [-0.05, 0) is 24.6 Å². The summed E-state index contributed by atoms with van der Waals surface area (Å²) in [6.45, 7) is 1.45. The van der Waals surface area contributed by atoms with Gasteiger partial charge in [-0.25, -0.2) is 4.39 Å². The fourth-order valence-corrected chi connectivity index (χ4v) is 0.954. The summed E-state index contributed by atoms with van der Waals surface area (Å²) in [5, 5.41) is 0. The van der Waals surface area contributed by atoms with E-state index in [1.165, 1.54) is 25.1 Å². The van der Waals surface area contributed by atoms with Crippen LogP contribution in [0.4, 0.5) is 4.39 Å². The molecule has 1 atom stereocenters. The monoisotopic (exact) mass is 182 g/mol.